The molecule has 1 aromatic carbocycles. The van der Waals surface area contributed by atoms with E-state index in [2.05, 4.69) is 0 Å². The van der Waals surface area contributed by atoms with Crippen molar-refractivity contribution >= 4 is 26.6 Å². The number of hydrogen-bond donors (Lipinski definition) is 0. The Labute approximate surface area is 112 Å². The molecule has 0 aliphatic rings. The number of Topliss-reactive ketones (excluding diaryl/α,β-unsaturated/α-hetero) is 1. The number of furan rings is 1. The fourth-order valence-corrected chi connectivity index (χ4v) is 3.16. The average Bonchev–Trinajstić information content (AvgIpc) is 2.81. The maximum atomic E-state index is 12.1. The highest BCUT2D eigenvalue weighted by Gasteiger charge is 2.25. The number of rotatable bonds is 5. The highest BCUT2D eigenvalue weighted by atomic mass is 32.2. The summed E-state index contributed by atoms with van der Waals surface area (Å²) in [6.07, 6.45) is 1.83. The molecule has 0 bridgehead atoms. The van der Waals surface area contributed by atoms with Crippen LogP contribution in [0.3, 0.4) is 0 Å². The molecule has 4 nitrogen and oxygen atoms in total. The van der Waals surface area contributed by atoms with E-state index in [0.717, 1.165) is 0 Å². The van der Waals surface area contributed by atoms with E-state index in [-0.39, 0.29) is 0 Å². The molecule has 2 rings (SSSR count). The molecular formula is C14H16O4S. The van der Waals surface area contributed by atoms with Crippen molar-refractivity contribution in [2.45, 2.75) is 25.5 Å². The van der Waals surface area contributed by atoms with Gasteiger partial charge in [0.25, 0.3) is 0 Å². The first-order chi connectivity index (χ1) is 8.95. The van der Waals surface area contributed by atoms with Gasteiger partial charge in [0.2, 0.25) is 0 Å². The van der Waals surface area contributed by atoms with Crippen molar-refractivity contribution in [3.63, 3.8) is 0 Å². The van der Waals surface area contributed by atoms with Gasteiger partial charge in [0.05, 0.1) is 10.8 Å². The Kier molecular flexibility index (Phi) is 3.75. The zero-order valence-electron chi connectivity index (χ0n) is 10.9. The minimum Gasteiger partial charge on any atom is -0.464 e. The fraction of sp³-hybridized carbons (Fsp3) is 0.357. The van der Waals surface area contributed by atoms with Gasteiger partial charge in [-0.1, -0.05) is 25.1 Å². The lowest BCUT2D eigenvalue weighted by atomic mass is 10.1. The first-order valence-electron chi connectivity index (χ1n) is 6.16. The molecule has 0 amide bonds. The largest absolute Gasteiger partial charge is 0.464 e. The number of para-hydroxylation sites is 1. The second kappa shape index (κ2) is 5.17. The van der Waals surface area contributed by atoms with E-state index >= 15 is 0 Å². The zero-order valence-corrected chi connectivity index (χ0v) is 11.7. The van der Waals surface area contributed by atoms with E-state index in [1.54, 1.807) is 38.1 Å². The monoisotopic (exact) mass is 280 g/mol. The molecule has 0 aliphatic carbocycles. The molecule has 1 atom stereocenters. The normalized spacial score (nSPS) is 13.6. The molecule has 0 radical (unpaired) electrons. The number of sulfone groups is 1. The van der Waals surface area contributed by atoms with Gasteiger partial charge in [-0.05, 0) is 19.4 Å². The lowest BCUT2D eigenvalue weighted by molar-refractivity contribution is 0.102. The van der Waals surface area contributed by atoms with Crippen LogP contribution in [-0.2, 0) is 9.84 Å². The molecule has 0 fully saturated rings. The van der Waals surface area contributed by atoms with Crippen LogP contribution in [0.2, 0.25) is 0 Å². The predicted octanol–water partition coefficient (Wildman–Crippen LogP) is 2.83. The Morgan fingerprint density at radius 1 is 1.32 bits per heavy atom. The van der Waals surface area contributed by atoms with Crippen LogP contribution in [0.1, 0.15) is 30.6 Å². The lowest BCUT2D eigenvalue weighted by Gasteiger charge is -2.09. The van der Waals surface area contributed by atoms with E-state index < -0.39 is 26.6 Å². The van der Waals surface area contributed by atoms with Crippen LogP contribution in [0.15, 0.2) is 34.9 Å². The van der Waals surface area contributed by atoms with Gasteiger partial charge < -0.3 is 4.42 Å². The number of fused-ring (bicyclic) bond motifs is 1. The summed E-state index contributed by atoms with van der Waals surface area (Å²) in [7, 11) is -3.40. The van der Waals surface area contributed by atoms with Crippen molar-refractivity contribution in [1.82, 2.24) is 0 Å². The van der Waals surface area contributed by atoms with Gasteiger partial charge in [0.1, 0.15) is 17.6 Å². The van der Waals surface area contributed by atoms with E-state index in [0.29, 0.717) is 23.0 Å². The van der Waals surface area contributed by atoms with Crippen LogP contribution in [-0.4, -0.2) is 25.2 Å². The highest BCUT2D eigenvalue weighted by Crippen LogP contribution is 2.22. The molecular weight excluding hydrogens is 264 g/mol. The Balaban J connectivity index is 2.31. The standard InChI is InChI=1S/C14H16O4S/c1-3-10(2)19(16,17)9-13(15)12-8-18-14-7-5-4-6-11(12)14/h4-8,10H,3,9H2,1-2H3. The Bertz CT molecular complexity index is 697. The summed E-state index contributed by atoms with van der Waals surface area (Å²) in [4.78, 5) is 12.1. The van der Waals surface area contributed by atoms with E-state index in [4.69, 9.17) is 4.42 Å². The topological polar surface area (TPSA) is 64.3 Å². The number of ketones is 1. The van der Waals surface area contributed by atoms with E-state index in [9.17, 15) is 13.2 Å². The van der Waals surface area contributed by atoms with Crippen molar-refractivity contribution in [3.05, 3.63) is 36.1 Å². The van der Waals surface area contributed by atoms with Gasteiger partial charge in [-0.2, -0.15) is 0 Å². The van der Waals surface area contributed by atoms with Crippen LogP contribution in [0.5, 0.6) is 0 Å². The van der Waals surface area contributed by atoms with Crippen molar-refractivity contribution < 1.29 is 17.6 Å². The highest BCUT2D eigenvalue weighted by molar-refractivity contribution is 7.92. The molecule has 2 aromatic rings. The van der Waals surface area contributed by atoms with Crippen molar-refractivity contribution in [2.75, 3.05) is 5.75 Å². The first-order valence-corrected chi connectivity index (χ1v) is 7.88. The Hall–Kier alpha value is -1.62. The zero-order chi connectivity index (χ0) is 14.0. The second-order valence-electron chi connectivity index (χ2n) is 4.59. The molecule has 102 valence electrons. The third-order valence-electron chi connectivity index (χ3n) is 3.30. The van der Waals surface area contributed by atoms with Crippen LogP contribution < -0.4 is 0 Å². The molecule has 0 saturated carbocycles. The van der Waals surface area contributed by atoms with Gasteiger partial charge in [0, 0.05) is 5.39 Å². The third-order valence-corrected chi connectivity index (χ3v) is 5.53. The summed E-state index contributed by atoms with van der Waals surface area (Å²) >= 11 is 0. The van der Waals surface area contributed by atoms with Gasteiger partial charge in [-0.25, -0.2) is 8.42 Å². The summed E-state index contributed by atoms with van der Waals surface area (Å²) < 4.78 is 29.2. The van der Waals surface area contributed by atoms with Crippen LogP contribution >= 0.6 is 0 Å². The van der Waals surface area contributed by atoms with Gasteiger partial charge in [-0.15, -0.1) is 0 Å². The molecule has 1 unspecified atom stereocenters. The van der Waals surface area contributed by atoms with E-state index in [1.165, 1.54) is 6.26 Å². The van der Waals surface area contributed by atoms with Crippen LogP contribution in [0.4, 0.5) is 0 Å². The molecule has 1 heterocycles. The first kappa shape index (κ1) is 13.8. The molecule has 1 aromatic heterocycles. The van der Waals surface area contributed by atoms with Crippen molar-refractivity contribution in [3.8, 4) is 0 Å². The van der Waals surface area contributed by atoms with Gasteiger partial charge in [-0.3, -0.25) is 4.79 Å². The summed E-state index contributed by atoms with van der Waals surface area (Å²) in [5.74, 6) is -0.879. The summed E-state index contributed by atoms with van der Waals surface area (Å²) in [5, 5.41) is 0.154. The minimum atomic E-state index is -3.40. The summed E-state index contributed by atoms with van der Waals surface area (Å²) in [5.41, 5.74) is 0.925. The molecule has 0 saturated heterocycles. The summed E-state index contributed by atoms with van der Waals surface area (Å²) in [6, 6.07) is 7.09. The molecule has 0 aliphatic heterocycles. The number of benzene rings is 1. The second-order valence-corrected chi connectivity index (χ2v) is 7.01. The summed E-state index contributed by atoms with van der Waals surface area (Å²) in [6.45, 7) is 3.41. The molecule has 0 spiro atoms. The van der Waals surface area contributed by atoms with Crippen LogP contribution in [0.25, 0.3) is 11.0 Å². The fourth-order valence-electron chi connectivity index (χ4n) is 1.85. The molecule has 0 N–H and O–H groups in total. The maximum absolute atomic E-state index is 12.1. The number of hydrogen-bond acceptors (Lipinski definition) is 4. The van der Waals surface area contributed by atoms with Gasteiger partial charge in [0.15, 0.2) is 15.6 Å². The van der Waals surface area contributed by atoms with Crippen molar-refractivity contribution in [2.24, 2.45) is 0 Å². The lowest BCUT2D eigenvalue weighted by Crippen LogP contribution is -2.25. The minimum absolute atomic E-state index is 0.336. The third kappa shape index (κ3) is 2.71. The molecule has 19 heavy (non-hydrogen) atoms. The number of carbonyl (C=O) groups excluding carboxylic acids is 1. The SMILES string of the molecule is CCC(C)S(=O)(=O)CC(=O)c1coc2ccccc12. The quantitative estimate of drug-likeness (QED) is 0.790. The van der Waals surface area contributed by atoms with Crippen molar-refractivity contribution in [1.29, 1.82) is 0 Å². The molecule has 5 heteroatoms. The maximum Gasteiger partial charge on any atom is 0.181 e. The Morgan fingerprint density at radius 2 is 2.00 bits per heavy atom. The van der Waals surface area contributed by atoms with Crippen LogP contribution in [0, 0.1) is 0 Å². The predicted molar refractivity (Wildman–Crippen MR) is 74.1 cm³/mol. The van der Waals surface area contributed by atoms with Gasteiger partial charge >= 0.3 is 0 Å². The Morgan fingerprint density at radius 3 is 2.68 bits per heavy atom. The number of carbonyl (C=O) groups is 1. The smallest absolute Gasteiger partial charge is 0.181 e. The van der Waals surface area contributed by atoms with E-state index in [1.807, 2.05) is 0 Å². The average molecular weight is 280 g/mol.